The predicted octanol–water partition coefficient (Wildman–Crippen LogP) is 1.25. The van der Waals surface area contributed by atoms with Crippen LogP contribution >= 0.6 is 0 Å². The molecule has 22 heavy (non-hydrogen) atoms. The van der Waals surface area contributed by atoms with E-state index in [0.29, 0.717) is 12.5 Å². The Morgan fingerprint density at radius 2 is 2.05 bits per heavy atom. The Bertz CT molecular complexity index is 627. The van der Waals surface area contributed by atoms with Crippen LogP contribution in [0.15, 0.2) is 29.2 Å². The van der Waals surface area contributed by atoms with E-state index in [1.165, 1.54) is 4.31 Å². The molecule has 0 saturated carbocycles. The molecule has 1 aliphatic rings. The summed E-state index contributed by atoms with van der Waals surface area (Å²) in [5.74, 6) is -0.653. The first-order valence-corrected chi connectivity index (χ1v) is 8.86. The minimum atomic E-state index is -3.65. The molecule has 0 spiro atoms. The van der Waals surface area contributed by atoms with Gasteiger partial charge in [0.05, 0.1) is 4.90 Å². The van der Waals surface area contributed by atoms with Crippen molar-refractivity contribution < 1.29 is 18.3 Å². The van der Waals surface area contributed by atoms with Gasteiger partial charge >= 0.3 is 5.97 Å². The Labute approximate surface area is 131 Å². The fourth-order valence-corrected chi connectivity index (χ4v) is 3.91. The fraction of sp³-hybridized carbons (Fsp3) is 0.533. The molecule has 1 aromatic carbocycles. The summed E-state index contributed by atoms with van der Waals surface area (Å²) in [5.41, 5.74) is 1.10. The van der Waals surface area contributed by atoms with Crippen molar-refractivity contribution in [1.29, 1.82) is 0 Å². The molecule has 1 saturated heterocycles. The van der Waals surface area contributed by atoms with Crippen LogP contribution in [0.25, 0.3) is 0 Å². The second-order valence-electron chi connectivity index (χ2n) is 5.59. The Balaban J connectivity index is 2.21. The first-order valence-electron chi connectivity index (χ1n) is 7.42. The van der Waals surface area contributed by atoms with Gasteiger partial charge < -0.3 is 10.4 Å². The maximum absolute atomic E-state index is 12.6. The van der Waals surface area contributed by atoms with Crippen molar-refractivity contribution in [3.8, 4) is 0 Å². The van der Waals surface area contributed by atoms with E-state index in [1.54, 1.807) is 12.1 Å². The van der Waals surface area contributed by atoms with Crippen molar-refractivity contribution in [2.75, 3.05) is 19.6 Å². The van der Waals surface area contributed by atoms with Crippen LogP contribution in [-0.2, 0) is 14.8 Å². The highest BCUT2D eigenvalue weighted by atomic mass is 32.2. The van der Waals surface area contributed by atoms with E-state index in [1.807, 2.05) is 12.1 Å². The quantitative estimate of drug-likeness (QED) is 0.850. The highest BCUT2D eigenvalue weighted by Gasteiger charge is 2.32. The molecule has 2 N–H and O–H groups in total. The Kier molecular flexibility index (Phi) is 5.20. The third-order valence-corrected chi connectivity index (χ3v) is 6.01. The number of carbonyl (C=O) groups is 1. The summed E-state index contributed by atoms with van der Waals surface area (Å²) in [6.45, 7) is 4.74. The van der Waals surface area contributed by atoms with Gasteiger partial charge in [0.2, 0.25) is 10.0 Å². The summed E-state index contributed by atoms with van der Waals surface area (Å²) in [6, 6.07) is 6.02. The van der Waals surface area contributed by atoms with Gasteiger partial charge in [-0.2, -0.15) is 4.31 Å². The summed E-state index contributed by atoms with van der Waals surface area (Å²) in [7, 11) is -3.65. The molecular formula is C15H22N2O4S. The number of piperazine rings is 1. The van der Waals surface area contributed by atoms with E-state index in [9.17, 15) is 13.2 Å². The van der Waals surface area contributed by atoms with Gasteiger partial charge in [0, 0.05) is 19.6 Å². The number of benzene rings is 1. The normalized spacial score (nSPS) is 21.5. The number of hydrogen-bond acceptors (Lipinski definition) is 4. The molecule has 1 aromatic rings. The van der Waals surface area contributed by atoms with Crippen molar-refractivity contribution in [3.05, 3.63) is 29.8 Å². The predicted molar refractivity (Wildman–Crippen MR) is 83.3 cm³/mol. The zero-order valence-electron chi connectivity index (χ0n) is 12.8. The fourth-order valence-electron chi connectivity index (χ4n) is 2.46. The molecule has 2 rings (SSSR count). The number of nitrogens with zero attached hydrogens (tertiary/aromatic N) is 1. The summed E-state index contributed by atoms with van der Waals surface area (Å²) >= 11 is 0. The average molecular weight is 326 g/mol. The van der Waals surface area contributed by atoms with Gasteiger partial charge in [0.25, 0.3) is 0 Å². The van der Waals surface area contributed by atoms with Crippen LogP contribution in [0, 0.1) is 0 Å². The number of carboxylic acid groups (broad SMARTS) is 1. The first kappa shape index (κ1) is 16.9. The maximum Gasteiger partial charge on any atom is 0.322 e. The number of hydrogen-bond donors (Lipinski definition) is 2. The van der Waals surface area contributed by atoms with E-state index in [0.717, 1.165) is 12.0 Å². The average Bonchev–Trinajstić information content (AvgIpc) is 2.54. The highest BCUT2D eigenvalue weighted by molar-refractivity contribution is 7.89. The molecule has 0 aromatic heterocycles. The number of rotatable bonds is 5. The number of nitrogens with one attached hydrogen (secondary N) is 1. The van der Waals surface area contributed by atoms with Gasteiger partial charge in [-0.1, -0.05) is 26.0 Å². The topological polar surface area (TPSA) is 86.7 Å². The lowest BCUT2D eigenvalue weighted by atomic mass is 9.99. The number of aliphatic carboxylic acids is 1. The zero-order chi connectivity index (χ0) is 16.3. The molecule has 0 aliphatic carbocycles. The van der Waals surface area contributed by atoms with Crippen LogP contribution in [0.2, 0.25) is 0 Å². The van der Waals surface area contributed by atoms with E-state index in [4.69, 9.17) is 5.11 Å². The third-order valence-electron chi connectivity index (χ3n) is 4.14. The molecule has 122 valence electrons. The maximum atomic E-state index is 12.6. The second-order valence-corrected chi connectivity index (χ2v) is 7.52. The molecule has 0 radical (unpaired) electrons. The molecule has 1 aliphatic heterocycles. The molecule has 0 bridgehead atoms. The first-order chi connectivity index (χ1) is 10.4. The van der Waals surface area contributed by atoms with Gasteiger partial charge in [-0.3, -0.25) is 4.79 Å². The van der Waals surface area contributed by atoms with Crippen molar-refractivity contribution in [3.63, 3.8) is 0 Å². The van der Waals surface area contributed by atoms with Gasteiger partial charge in [0.1, 0.15) is 6.04 Å². The molecule has 2 atom stereocenters. The smallest absolute Gasteiger partial charge is 0.322 e. The summed E-state index contributed by atoms with van der Waals surface area (Å²) in [5, 5.41) is 11.8. The Morgan fingerprint density at radius 3 is 2.59 bits per heavy atom. The third kappa shape index (κ3) is 3.48. The Hall–Kier alpha value is -1.44. The number of carboxylic acids is 1. The van der Waals surface area contributed by atoms with Gasteiger partial charge in [0.15, 0.2) is 0 Å². The number of sulfonamides is 1. The lowest BCUT2D eigenvalue weighted by molar-refractivity contribution is -0.140. The zero-order valence-corrected chi connectivity index (χ0v) is 13.6. The van der Waals surface area contributed by atoms with E-state index >= 15 is 0 Å². The Morgan fingerprint density at radius 1 is 1.41 bits per heavy atom. The molecule has 6 nitrogen and oxygen atoms in total. The molecule has 1 fully saturated rings. The van der Waals surface area contributed by atoms with E-state index < -0.39 is 22.0 Å². The summed E-state index contributed by atoms with van der Waals surface area (Å²) in [6.07, 6.45) is 0.990. The molecule has 1 heterocycles. The summed E-state index contributed by atoms with van der Waals surface area (Å²) < 4.78 is 26.5. The minimum absolute atomic E-state index is 0.0508. The van der Waals surface area contributed by atoms with Crippen LogP contribution in [0.5, 0.6) is 0 Å². The van der Waals surface area contributed by atoms with Crippen molar-refractivity contribution >= 4 is 16.0 Å². The molecule has 0 amide bonds. The van der Waals surface area contributed by atoms with Gasteiger partial charge in [-0.15, -0.1) is 0 Å². The second kappa shape index (κ2) is 6.76. The lowest BCUT2D eigenvalue weighted by Crippen LogP contribution is -2.55. The molecule has 7 heteroatoms. The van der Waals surface area contributed by atoms with Crippen molar-refractivity contribution in [2.45, 2.75) is 37.1 Å². The minimum Gasteiger partial charge on any atom is -0.480 e. The van der Waals surface area contributed by atoms with E-state index in [-0.39, 0.29) is 18.0 Å². The monoisotopic (exact) mass is 326 g/mol. The van der Waals surface area contributed by atoms with Crippen LogP contribution in [0.1, 0.15) is 31.7 Å². The molecular weight excluding hydrogens is 304 g/mol. The van der Waals surface area contributed by atoms with Crippen molar-refractivity contribution in [1.82, 2.24) is 9.62 Å². The molecule has 1 unspecified atom stereocenters. The SMILES string of the molecule is CCC(C)c1ccc(S(=O)(=O)N2CCN[C@H](C(=O)O)C2)cc1. The van der Waals surface area contributed by atoms with Gasteiger partial charge in [-0.05, 0) is 30.0 Å². The van der Waals surface area contributed by atoms with E-state index in [2.05, 4.69) is 19.2 Å². The largest absolute Gasteiger partial charge is 0.480 e. The van der Waals surface area contributed by atoms with Gasteiger partial charge in [-0.25, -0.2) is 8.42 Å². The standard InChI is InChI=1S/C15H22N2O4S/c1-3-11(2)12-4-6-13(7-5-12)22(20,21)17-9-8-16-14(10-17)15(18)19/h4-7,11,14,16H,3,8-10H2,1-2H3,(H,18,19)/t11?,14-/m0/s1. The van der Waals surface area contributed by atoms with Crippen LogP contribution in [-0.4, -0.2) is 49.5 Å². The summed E-state index contributed by atoms with van der Waals surface area (Å²) in [4.78, 5) is 11.2. The van der Waals surface area contributed by atoms with Crippen LogP contribution in [0.4, 0.5) is 0 Å². The van der Waals surface area contributed by atoms with Crippen LogP contribution in [0.3, 0.4) is 0 Å². The van der Waals surface area contributed by atoms with Crippen LogP contribution < -0.4 is 5.32 Å². The lowest BCUT2D eigenvalue weighted by Gasteiger charge is -2.30. The highest BCUT2D eigenvalue weighted by Crippen LogP contribution is 2.22. The van der Waals surface area contributed by atoms with Crippen molar-refractivity contribution in [2.24, 2.45) is 0 Å².